The first kappa shape index (κ1) is 24.7. The molecule has 0 aliphatic rings. The molecule has 13 heteroatoms. The van der Waals surface area contributed by atoms with Crippen LogP contribution in [0.15, 0.2) is 47.4 Å². The second-order valence-electron chi connectivity index (χ2n) is 7.58. The van der Waals surface area contributed by atoms with Gasteiger partial charge in [0.1, 0.15) is 0 Å². The topological polar surface area (TPSA) is 107 Å². The van der Waals surface area contributed by atoms with Crippen LogP contribution in [0.1, 0.15) is 24.6 Å². The van der Waals surface area contributed by atoms with Gasteiger partial charge < -0.3 is 10.1 Å². The molecule has 0 fully saturated rings. The van der Waals surface area contributed by atoms with Gasteiger partial charge in [-0.3, -0.25) is 9.59 Å². The van der Waals surface area contributed by atoms with Crippen LogP contribution in [-0.2, 0) is 36.9 Å². The monoisotopic (exact) mass is 525 g/mol. The summed E-state index contributed by atoms with van der Waals surface area (Å²) in [4.78, 5) is 27.1. The lowest BCUT2D eigenvalue weighted by molar-refractivity contribution is -0.140. The molecular weight excluding hydrogens is 507 g/mol. The Hall–Kier alpha value is -3.45. The molecule has 0 saturated carbocycles. The van der Waals surface area contributed by atoms with Gasteiger partial charge in [0.2, 0.25) is 5.91 Å². The van der Waals surface area contributed by atoms with E-state index in [0.29, 0.717) is 15.3 Å². The molecular formula is C22H18F3N3O5S2. The van der Waals surface area contributed by atoms with Gasteiger partial charge in [0, 0.05) is 18.0 Å². The lowest BCUT2D eigenvalue weighted by Crippen LogP contribution is -2.16. The highest BCUT2D eigenvalue weighted by Gasteiger charge is 2.32. The van der Waals surface area contributed by atoms with Gasteiger partial charge in [0.05, 0.1) is 39.7 Å². The molecule has 0 aliphatic carbocycles. The van der Waals surface area contributed by atoms with Crippen LogP contribution in [0.3, 0.4) is 0 Å². The molecule has 184 valence electrons. The number of aromatic nitrogens is 2. The molecule has 0 atom stereocenters. The quantitative estimate of drug-likeness (QED) is 0.370. The Morgan fingerprint density at radius 1 is 1.14 bits per heavy atom. The van der Waals surface area contributed by atoms with E-state index in [4.69, 9.17) is 0 Å². The molecule has 35 heavy (non-hydrogen) atoms. The predicted octanol–water partition coefficient (Wildman–Crippen LogP) is 4.57. The van der Waals surface area contributed by atoms with Crippen LogP contribution in [0.4, 0.5) is 18.3 Å². The van der Waals surface area contributed by atoms with Crippen molar-refractivity contribution in [2.24, 2.45) is 0 Å². The number of ether oxygens (including phenoxy) is 1. The number of fused-ring (bicyclic) bond motifs is 2. The Kier molecular flexibility index (Phi) is 6.32. The maximum atomic E-state index is 13.7. The first-order valence-electron chi connectivity index (χ1n) is 10.1. The zero-order chi connectivity index (χ0) is 25.5. The summed E-state index contributed by atoms with van der Waals surface area (Å²) in [7, 11) is -3.10. The van der Waals surface area contributed by atoms with Crippen LogP contribution in [0.25, 0.3) is 21.1 Å². The van der Waals surface area contributed by atoms with Crippen molar-refractivity contribution in [2.45, 2.75) is 30.8 Å². The number of esters is 1. The van der Waals surface area contributed by atoms with Crippen molar-refractivity contribution in [3.8, 4) is 0 Å². The number of methoxy groups -OCH3 is 1. The molecule has 2 aromatic carbocycles. The van der Waals surface area contributed by atoms with Crippen molar-refractivity contribution < 1.29 is 35.9 Å². The third-order valence-electron chi connectivity index (χ3n) is 5.15. The lowest BCUT2D eigenvalue weighted by Gasteiger charge is -2.12. The third kappa shape index (κ3) is 4.86. The number of rotatable bonds is 6. The van der Waals surface area contributed by atoms with Crippen molar-refractivity contribution >= 4 is 59.5 Å². The van der Waals surface area contributed by atoms with Crippen LogP contribution in [0.5, 0.6) is 0 Å². The SMILES string of the molecule is COC(=O)CCc1cc2cc(C(F)(F)F)ccc2n1S(=O)(=O)c1ccc2nc(NC(C)=O)sc2c1. The van der Waals surface area contributed by atoms with Crippen molar-refractivity contribution in [2.75, 3.05) is 12.4 Å². The number of carbonyl (C=O) groups excluding carboxylic acids is 2. The van der Waals surface area contributed by atoms with E-state index in [1.54, 1.807) is 0 Å². The lowest BCUT2D eigenvalue weighted by atomic mass is 10.1. The minimum Gasteiger partial charge on any atom is -0.469 e. The van der Waals surface area contributed by atoms with E-state index < -0.39 is 27.7 Å². The number of nitrogens with one attached hydrogen (secondary N) is 1. The summed E-state index contributed by atoms with van der Waals surface area (Å²) in [6.07, 6.45) is -4.84. The minimum atomic E-state index is -4.61. The molecule has 0 aliphatic heterocycles. The molecule has 1 N–H and O–H groups in total. The number of aryl methyl sites for hydroxylation is 1. The normalized spacial score (nSPS) is 12.3. The van der Waals surface area contributed by atoms with E-state index >= 15 is 0 Å². The van der Waals surface area contributed by atoms with E-state index in [1.807, 2.05) is 0 Å². The second kappa shape index (κ2) is 8.96. The van der Waals surface area contributed by atoms with Crippen molar-refractivity contribution in [1.29, 1.82) is 0 Å². The number of benzene rings is 2. The standard InChI is InChI=1S/C22H18F3N3O5S2/c1-12(29)26-21-27-17-6-5-16(11-19(17)34-21)35(31,32)28-15(4-8-20(30)33-2)10-13-9-14(22(23,24)25)3-7-18(13)28/h3,5-7,9-11H,4,8H2,1-2H3,(H,26,27,29). The minimum absolute atomic E-state index is 0.0428. The summed E-state index contributed by atoms with van der Waals surface area (Å²) in [5, 5.41) is 2.90. The molecule has 4 rings (SSSR count). The van der Waals surface area contributed by atoms with Gasteiger partial charge in [-0.05, 0) is 48.9 Å². The molecule has 0 spiro atoms. The Morgan fingerprint density at radius 2 is 1.89 bits per heavy atom. The number of halogens is 3. The predicted molar refractivity (Wildman–Crippen MR) is 124 cm³/mol. The van der Waals surface area contributed by atoms with E-state index in [1.165, 1.54) is 38.3 Å². The average Bonchev–Trinajstić information content (AvgIpc) is 3.35. The van der Waals surface area contributed by atoms with Gasteiger partial charge in [-0.2, -0.15) is 13.2 Å². The van der Waals surface area contributed by atoms with Crippen LogP contribution in [0.2, 0.25) is 0 Å². The highest BCUT2D eigenvalue weighted by atomic mass is 32.2. The Balaban J connectivity index is 1.86. The molecule has 0 radical (unpaired) electrons. The van der Waals surface area contributed by atoms with E-state index in [0.717, 1.165) is 33.5 Å². The van der Waals surface area contributed by atoms with Gasteiger partial charge in [-0.15, -0.1) is 0 Å². The second-order valence-corrected chi connectivity index (χ2v) is 10.4. The number of amides is 1. The van der Waals surface area contributed by atoms with Gasteiger partial charge in [0.15, 0.2) is 5.13 Å². The van der Waals surface area contributed by atoms with Gasteiger partial charge in [0.25, 0.3) is 10.0 Å². The fraction of sp³-hybridized carbons (Fsp3) is 0.227. The molecule has 4 aromatic rings. The number of nitrogens with zero attached hydrogens (tertiary/aromatic N) is 2. The average molecular weight is 526 g/mol. The van der Waals surface area contributed by atoms with E-state index in [2.05, 4.69) is 15.0 Å². The number of hydrogen-bond donors (Lipinski definition) is 1. The molecule has 2 heterocycles. The number of anilines is 1. The number of carbonyl (C=O) groups is 2. The zero-order valence-corrected chi connectivity index (χ0v) is 20.0. The largest absolute Gasteiger partial charge is 0.469 e. The Bertz CT molecular complexity index is 1570. The summed E-state index contributed by atoms with van der Waals surface area (Å²) in [5.74, 6) is -0.920. The number of hydrogen-bond acceptors (Lipinski definition) is 7. The zero-order valence-electron chi connectivity index (χ0n) is 18.3. The molecule has 0 saturated heterocycles. The fourth-order valence-electron chi connectivity index (χ4n) is 3.59. The Labute approximate surface area is 201 Å². The van der Waals surface area contributed by atoms with Crippen LogP contribution in [-0.4, -0.2) is 36.4 Å². The molecule has 8 nitrogen and oxygen atoms in total. The smallest absolute Gasteiger partial charge is 0.416 e. The van der Waals surface area contributed by atoms with Crippen LogP contribution in [0, 0.1) is 0 Å². The van der Waals surface area contributed by atoms with Gasteiger partial charge in [-0.1, -0.05) is 11.3 Å². The Morgan fingerprint density at radius 3 is 2.54 bits per heavy atom. The maximum Gasteiger partial charge on any atom is 0.416 e. The van der Waals surface area contributed by atoms with Crippen molar-refractivity contribution in [3.63, 3.8) is 0 Å². The van der Waals surface area contributed by atoms with E-state index in [9.17, 15) is 31.2 Å². The first-order chi connectivity index (χ1) is 16.4. The molecule has 0 bridgehead atoms. The molecule has 0 unspecified atom stereocenters. The summed E-state index contributed by atoms with van der Waals surface area (Å²) in [5.41, 5.74) is -0.277. The van der Waals surface area contributed by atoms with Crippen molar-refractivity contribution in [1.82, 2.24) is 8.96 Å². The maximum absolute atomic E-state index is 13.7. The fourth-order valence-corrected chi connectivity index (χ4v) is 6.21. The summed E-state index contributed by atoms with van der Waals surface area (Å²) in [6, 6.07) is 8.29. The third-order valence-corrected chi connectivity index (χ3v) is 7.85. The number of thiazole rings is 1. The molecule has 2 aromatic heterocycles. The number of alkyl halides is 3. The van der Waals surface area contributed by atoms with E-state index in [-0.39, 0.29) is 40.2 Å². The highest BCUT2D eigenvalue weighted by Crippen LogP contribution is 2.35. The highest BCUT2D eigenvalue weighted by molar-refractivity contribution is 7.90. The van der Waals surface area contributed by atoms with Crippen LogP contribution >= 0.6 is 11.3 Å². The summed E-state index contributed by atoms with van der Waals surface area (Å²) >= 11 is 1.08. The molecule has 1 amide bonds. The van der Waals surface area contributed by atoms with Gasteiger partial charge in [-0.25, -0.2) is 17.4 Å². The summed E-state index contributed by atoms with van der Waals surface area (Å²) < 4.78 is 73.1. The van der Waals surface area contributed by atoms with Crippen LogP contribution < -0.4 is 5.32 Å². The first-order valence-corrected chi connectivity index (χ1v) is 12.4. The van der Waals surface area contributed by atoms with Crippen molar-refractivity contribution in [3.05, 3.63) is 53.7 Å². The summed E-state index contributed by atoms with van der Waals surface area (Å²) in [6.45, 7) is 1.32. The van der Waals surface area contributed by atoms with Gasteiger partial charge >= 0.3 is 12.1 Å².